The highest BCUT2D eigenvalue weighted by atomic mass is 16.5. The first-order chi connectivity index (χ1) is 11.2. The number of hydrogen-bond acceptors (Lipinski definition) is 5. The van der Waals surface area contributed by atoms with E-state index >= 15 is 0 Å². The molecule has 0 radical (unpaired) electrons. The SMILES string of the molecule is O=C(COc1cccnc1)N1CCN(C(=O)c2ccco2)CC1. The Hall–Kier alpha value is -2.83. The molecular formula is C16H17N3O4. The molecule has 0 aliphatic carbocycles. The van der Waals surface area contributed by atoms with E-state index in [0.29, 0.717) is 37.7 Å². The summed E-state index contributed by atoms with van der Waals surface area (Å²) < 4.78 is 10.5. The van der Waals surface area contributed by atoms with Gasteiger partial charge in [0, 0.05) is 32.4 Å². The summed E-state index contributed by atoms with van der Waals surface area (Å²) in [4.78, 5) is 31.6. The topological polar surface area (TPSA) is 75.9 Å². The van der Waals surface area contributed by atoms with Gasteiger partial charge in [-0.05, 0) is 24.3 Å². The van der Waals surface area contributed by atoms with E-state index < -0.39 is 0 Å². The van der Waals surface area contributed by atoms with Crippen LogP contribution in [0.25, 0.3) is 0 Å². The highest BCUT2D eigenvalue weighted by Crippen LogP contribution is 2.10. The van der Waals surface area contributed by atoms with Crippen molar-refractivity contribution in [1.82, 2.24) is 14.8 Å². The van der Waals surface area contributed by atoms with Crippen LogP contribution >= 0.6 is 0 Å². The van der Waals surface area contributed by atoms with Gasteiger partial charge in [-0.2, -0.15) is 0 Å². The zero-order chi connectivity index (χ0) is 16.1. The normalized spacial score (nSPS) is 14.6. The molecule has 23 heavy (non-hydrogen) atoms. The molecule has 7 nitrogen and oxygen atoms in total. The minimum atomic E-state index is -0.145. The van der Waals surface area contributed by atoms with Gasteiger partial charge < -0.3 is 19.0 Å². The summed E-state index contributed by atoms with van der Waals surface area (Å²) in [5, 5.41) is 0. The Kier molecular flexibility index (Phi) is 4.56. The van der Waals surface area contributed by atoms with Crippen molar-refractivity contribution in [2.24, 2.45) is 0 Å². The molecule has 1 saturated heterocycles. The van der Waals surface area contributed by atoms with Crippen LogP contribution in [-0.2, 0) is 4.79 Å². The maximum Gasteiger partial charge on any atom is 0.289 e. The first-order valence-electron chi connectivity index (χ1n) is 7.37. The summed E-state index contributed by atoms with van der Waals surface area (Å²) in [5.41, 5.74) is 0. The molecule has 1 fully saturated rings. The number of aromatic nitrogens is 1. The monoisotopic (exact) mass is 315 g/mol. The molecule has 1 aliphatic rings. The van der Waals surface area contributed by atoms with Gasteiger partial charge in [-0.15, -0.1) is 0 Å². The van der Waals surface area contributed by atoms with Crippen LogP contribution in [0.15, 0.2) is 47.3 Å². The van der Waals surface area contributed by atoms with Crippen molar-refractivity contribution in [3.05, 3.63) is 48.7 Å². The fraction of sp³-hybridized carbons (Fsp3) is 0.312. The van der Waals surface area contributed by atoms with E-state index in [-0.39, 0.29) is 18.4 Å². The molecule has 7 heteroatoms. The summed E-state index contributed by atoms with van der Waals surface area (Å²) in [6.07, 6.45) is 4.68. The van der Waals surface area contributed by atoms with Crippen LogP contribution in [0.1, 0.15) is 10.6 Å². The number of pyridine rings is 1. The van der Waals surface area contributed by atoms with Gasteiger partial charge in [0.05, 0.1) is 12.5 Å². The van der Waals surface area contributed by atoms with Crippen LogP contribution < -0.4 is 4.74 Å². The van der Waals surface area contributed by atoms with Gasteiger partial charge >= 0.3 is 0 Å². The van der Waals surface area contributed by atoms with Gasteiger partial charge in [-0.1, -0.05) is 0 Å². The van der Waals surface area contributed by atoms with Crippen LogP contribution in [0.5, 0.6) is 5.75 Å². The Labute approximate surface area is 133 Å². The zero-order valence-corrected chi connectivity index (χ0v) is 12.6. The molecular weight excluding hydrogens is 298 g/mol. The van der Waals surface area contributed by atoms with Crippen molar-refractivity contribution in [2.45, 2.75) is 0 Å². The van der Waals surface area contributed by atoms with Gasteiger partial charge in [0.2, 0.25) is 0 Å². The summed E-state index contributed by atoms with van der Waals surface area (Å²) in [5.74, 6) is 0.643. The molecule has 2 amide bonds. The Morgan fingerprint density at radius 1 is 1.13 bits per heavy atom. The van der Waals surface area contributed by atoms with E-state index in [2.05, 4.69) is 4.98 Å². The third-order valence-electron chi connectivity index (χ3n) is 3.65. The van der Waals surface area contributed by atoms with Crippen molar-refractivity contribution in [3.8, 4) is 5.75 Å². The molecule has 2 aromatic rings. The first-order valence-corrected chi connectivity index (χ1v) is 7.37. The van der Waals surface area contributed by atoms with E-state index in [4.69, 9.17) is 9.15 Å². The standard InChI is InChI=1S/C16H17N3O4/c20-15(12-23-13-3-1-5-17-11-13)18-6-8-19(9-7-18)16(21)14-4-2-10-22-14/h1-5,10-11H,6-9,12H2. The second-order valence-corrected chi connectivity index (χ2v) is 5.13. The number of rotatable bonds is 4. The maximum absolute atomic E-state index is 12.1. The van der Waals surface area contributed by atoms with E-state index in [0.717, 1.165) is 0 Å². The van der Waals surface area contributed by atoms with Crippen molar-refractivity contribution in [3.63, 3.8) is 0 Å². The quantitative estimate of drug-likeness (QED) is 0.842. The zero-order valence-electron chi connectivity index (χ0n) is 12.6. The van der Waals surface area contributed by atoms with E-state index in [1.165, 1.54) is 6.26 Å². The molecule has 0 saturated carbocycles. The molecule has 0 N–H and O–H groups in total. The fourth-order valence-corrected chi connectivity index (χ4v) is 2.38. The van der Waals surface area contributed by atoms with Crippen LogP contribution in [0, 0.1) is 0 Å². The van der Waals surface area contributed by atoms with Gasteiger partial charge in [-0.3, -0.25) is 14.6 Å². The van der Waals surface area contributed by atoms with E-state index in [1.54, 1.807) is 46.5 Å². The predicted octanol–water partition coefficient (Wildman–Crippen LogP) is 1.04. The van der Waals surface area contributed by atoms with E-state index in [9.17, 15) is 9.59 Å². The Morgan fingerprint density at radius 3 is 2.57 bits per heavy atom. The lowest BCUT2D eigenvalue weighted by molar-refractivity contribution is -0.134. The lowest BCUT2D eigenvalue weighted by Crippen LogP contribution is -2.51. The maximum atomic E-state index is 12.1. The fourth-order valence-electron chi connectivity index (χ4n) is 2.38. The van der Waals surface area contributed by atoms with Gasteiger partial charge in [0.15, 0.2) is 12.4 Å². The number of nitrogens with zero attached hydrogens (tertiary/aromatic N) is 3. The average Bonchev–Trinajstić information content (AvgIpc) is 3.15. The number of furan rings is 1. The number of ether oxygens (including phenoxy) is 1. The van der Waals surface area contributed by atoms with Crippen molar-refractivity contribution >= 4 is 11.8 Å². The van der Waals surface area contributed by atoms with Gasteiger partial charge in [0.1, 0.15) is 5.75 Å². The number of hydrogen-bond donors (Lipinski definition) is 0. The van der Waals surface area contributed by atoms with Crippen LogP contribution in [0.2, 0.25) is 0 Å². The van der Waals surface area contributed by atoms with Gasteiger partial charge in [-0.25, -0.2) is 0 Å². The molecule has 2 aromatic heterocycles. The highest BCUT2D eigenvalue weighted by molar-refractivity contribution is 5.91. The average molecular weight is 315 g/mol. The third-order valence-corrected chi connectivity index (χ3v) is 3.65. The molecule has 3 heterocycles. The second-order valence-electron chi connectivity index (χ2n) is 5.13. The third kappa shape index (κ3) is 3.68. The van der Waals surface area contributed by atoms with Crippen molar-refractivity contribution in [1.29, 1.82) is 0 Å². The molecule has 120 valence electrons. The number of carbonyl (C=O) groups is 2. The molecule has 0 unspecified atom stereocenters. The first kappa shape index (κ1) is 15.1. The predicted molar refractivity (Wildman–Crippen MR) is 80.9 cm³/mol. The Balaban J connectivity index is 1.47. The number of carbonyl (C=O) groups excluding carboxylic acids is 2. The minimum absolute atomic E-state index is 0.0299. The van der Waals surface area contributed by atoms with Crippen LogP contribution in [0.3, 0.4) is 0 Å². The number of piperazine rings is 1. The Morgan fingerprint density at radius 2 is 1.91 bits per heavy atom. The Bertz CT molecular complexity index is 649. The molecule has 0 spiro atoms. The summed E-state index contributed by atoms with van der Waals surface area (Å²) in [6.45, 7) is 1.91. The molecule has 1 aliphatic heterocycles. The van der Waals surface area contributed by atoms with Crippen molar-refractivity contribution < 1.29 is 18.7 Å². The second kappa shape index (κ2) is 6.95. The lowest BCUT2D eigenvalue weighted by Gasteiger charge is -2.34. The minimum Gasteiger partial charge on any atom is -0.482 e. The highest BCUT2D eigenvalue weighted by Gasteiger charge is 2.26. The lowest BCUT2D eigenvalue weighted by atomic mass is 10.3. The van der Waals surface area contributed by atoms with Crippen molar-refractivity contribution in [2.75, 3.05) is 32.8 Å². The smallest absolute Gasteiger partial charge is 0.289 e. The largest absolute Gasteiger partial charge is 0.482 e. The molecule has 0 bridgehead atoms. The van der Waals surface area contributed by atoms with E-state index in [1.807, 2.05) is 0 Å². The van der Waals surface area contributed by atoms with Crippen LogP contribution in [-0.4, -0.2) is 59.4 Å². The number of amides is 2. The summed E-state index contributed by atoms with van der Waals surface area (Å²) in [6, 6.07) is 6.82. The molecule has 0 atom stereocenters. The van der Waals surface area contributed by atoms with Crippen LogP contribution in [0.4, 0.5) is 0 Å². The molecule has 3 rings (SSSR count). The van der Waals surface area contributed by atoms with Gasteiger partial charge in [0.25, 0.3) is 11.8 Å². The summed E-state index contributed by atoms with van der Waals surface area (Å²) >= 11 is 0. The summed E-state index contributed by atoms with van der Waals surface area (Å²) in [7, 11) is 0. The molecule has 0 aromatic carbocycles.